The number of rotatable bonds is 7. The van der Waals surface area contributed by atoms with Gasteiger partial charge in [0.05, 0.1) is 24.7 Å². The molecule has 0 radical (unpaired) electrons. The molecule has 3 aromatic rings. The highest BCUT2D eigenvalue weighted by molar-refractivity contribution is 9.10. The van der Waals surface area contributed by atoms with Gasteiger partial charge in [-0.15, -0.1) is 16.9 Å². The van der Waals surface area contributed by atoms with Crippen LogP contribution in [0.2, 0.25) is 0 Å². The quantitative estimate of drug-likeness (QED) is 0.317. The van der Waals surface area contributed by atoms with Crippen LogP contribution >= 0.6 is 27.7 Å². The number of nitrogens with zero attached hydrogens (tertiary/aromatic N) is 3. The van der Waals surface area contributed by atoms with Crippen molar-refractivity contribution in [1.29, 1.82) is 0 Å². The molecule has 1 aliphatic rings. The van der Waals surface area contributed by atoms with Crippen LogP contribution in [0.5, 0.6) is 0 Å². The predicted molar refractivity (Wildman–Crippen MR) is 124 cm³/mol. The van der Waals surface area contributed by atoms with Crippen LogP contribution in [0.1, 0.15) is 16.9 Å². The Kier molecular flexibility index (Phi) is 8.16. The van der Waals surface area contributed by atoms with E-state index in [1.807, 2.05) is 6.07 Å². The molecule has 1 fully saturated rings. The van der Waals surface area contributed by atoms with E-state index in [0.29, 0.717) is 0 Å². The molecule has 1 unspecified atom stereocenters. The van der Waals surface area contributed by atoms with E-state index in [2.05, 4.69) is 26.2 Å². The van der Waals surface area contributed by atoms with E-state index in [9.17, 15) is 33.6 Å². The molecule has 2 heterocycles. The number of thioether (sulfide) groups is 1. The van der Waals surface area contributed by atoms with Gasteiger partial charge in [-0.1, -0.05) is 39.3 Å². The lowest BCUT2D eigenvalue weighted by Crippen LogP contribution is -2.55. The lowest BCUT2D eigenvalue weighted by Gasteiger charge is -2.42. The van der Waals surface area contributed by atoms with Gasteiger partial charge in [0.1, 0.15) is 35.5 Å². The van der Waals surface area contributed by atoms with Gasteiger partial charge in [-0.3, -0.25) is 0 Å². The number of aromatic nitrogens is 3. The Labute approximate surface area is 210 Å². The number of hydrogen-bond acceptors (Lipinski definition) is 8. The van der Waals surface area contributed by atoms with Gasteiger partial charge in [-0.2, -0.15) is 0 Å². The molecule has 1 saturated heterocycles. The third-order valence-corrected chi connectivity index (χ3v) is 7.77. The minimum absolute atomic E-state index is 0.0279. The first-order valence-electron chi connectivity index (χ1n) is 10.4. The third kappa shape index (κ3) is 5.26. The second kappa shape index (κ2) is 10.9. The standard InChI is InChI=1S/C22H21BrF3N3O5S/c23-12-4-2-1-3-11(12)17(9-31)35-22-21(33)19(20(32)16(8-30)34-22)29-7-15(27-28-29)10-5-13(24)18(26)14(25)6-10/h1-7,16-17,19-22,30-33H,8-9H2/t16-,17?,19+,20+,21-,22+/m1/s1. The van der Waals surface area contributed by atoms with Crippen molar-refractivity contribution in [2.75, 3.05) is 13.2 Å². The summed E-state index contributed by atoms with van der Waals surface area (Å²) in [5, 5.41) is 48.8. The van der Waals surface area contributed by atoms with Crippen LogP contribution in [0.15, 0.2) is 47.1 Å². The number of aliphatic hydroxyl groups is 4. The van der Waals surface area contributed by atoms with Gasteiger partial charge in [0.25, 0.3) is 0 Å². The Hall–Kier alpha value is -2.00. The zero-order chi connectivity index (χ0) is 25.3. The van der Waals surface area contributed by atoms with Crippen molar-refractivity contribution in [3.05, 3.63) is 70.1 Å². The monoisotopic (exact) mass is 575 g/mol. The SMILES string of the molecule is OCC(S[C@@H]1O[C@H](CO)[C@H](O)[C@H](n2cc(-c3cc(F)c(F)c(F)c3)nn2)[C@H]1O)c1ccccc1Br. The van der Waals surface area contributed by atoms with Crippen LogP contribution in [0.25, 0.3) is 11.3 Å². The van der Waals surface area contributed by atoms with E-state index in [-0.39, 0.29) is 17.9 Å². The fourth-order valence-corrected chi connectivity index (χ4v) is 5.87. The highest BCUT2D eigenvalue weighted by Gasteiger charge is 2.47. The molecule has 6 atom stereocenters. The second-order valence-corrected chi connectivity index (χ2v) is 10.0. The van der Waals surface area contributed by atoms with Crippen molar-refractivity contribution in [2.45, 2.75) is 35.0 Å². The lowest BCUT2D eigenvalue weighted by molar-refractivity contribution is -0.178. The predicted octanol–water partition coefficient (Wildman–Crippen LogP) is 2.57. The normalized spacial score (nSPS) is 25.5. The molecule has 1 aliphatic heterocycles. The lowest BCUT2D eigenvalue weighted by atomic mass is 9.97. The van der Waals surface area contributed by atoms with Crippen LogP contribution in [0.3, 0.4) is 0 Å². The van der Waals surface area contributed by atoms with Gasteiger partial charge in [0.15, 0.2) is 17.5 Å². The van der Waals surface area contributed by atoms with Crippen molar-refractivity contribution < 1.29 is 38.3 Å². The summed E-state index contributed by atoms with van der Waals surface area (Å²) in [6, 6.07) is 7.56. The minimum atomic E-state index is -1.62. The number of benzene rings is 2. The van der Waals surface area contributed by atoms with E-state index in [0.717, 1.165) is 38.6 Å². The smallest absolute Gasteiger partial charge is 0.194 e. The van der Waals surface area contributed by atoms with Crippen molar-refractivity contribution in [3.8, 4) is 11.3 Å². The molecular formula is C22H21BrF3N3O5S. The highest BCUT2D eigenvalue weighted by Crippen LogP contribution is 2.42. The van der Waals surface area contributed by atoms with E-state index < -0.39 is 59.1 Å². The summed E-state index contributed by atoms with van der Waals surface area (Å²) in [5.74, 6) is -4.43. The zero-order valence-electron chi connectivity index (χ0n) is 17.9. The number of halogens is 4. The molecule has 35 heavy (non-hydrogen) atoms. The fraction of sp³-hybridized carbons (Fsp3) is 0.364. The Balaban J connectivity index is 1.63. The molecule has 0 saturated carbocycles. The molecule has 1 aromatic heterocycles. The maximum atomic E-state index is 13.7. The zero-order valence-corrected chi connectivity index (χ0v) is 20.3. The van der Waals surface area contributed by atoms with Crippen LogP contribution in [0, 0.1) is 17.5 Å². The molecule has 0 aliphatic carbocycles. The summed E-state index contributed by atoms with van der Waals surface area (Å²) < 4.78 is 48.2. The number of ether oxygens (including phenoxy) is 1. The first-order chi connectivity index (χ1) is 16.7. The van der Waals surface area contributed by atoms with E-state index >= 15 is 0 Å². The van der Waals surface area contributed by atoms with E-state index in [4.69, 9.17) is 4.74 Å². The van der Waals surface area contributed by atoms with Gasteiger partial charge < -0.3 is 25.2 Å². The molecule has 188 valence electrons. The van der Waals surface area contributed by atoms with Crippen molar-refractivity contribution in [2.24, 2.45) is 0 Å². The molecule has 0 spiro atoms. The van der Waals surface area contributed by atoms with Gasteiger partial charge in [0.2, 0.25) is 0 Å². The molecule has 0 bridgehead atoms. The average Bonchev–Trinajstić information content (AvgIpc) is 3.32. The topological polar surface area (TPSA) is 121 Å². The summed E-state index contributed by atoms with van der Waals surface area (Å²) in [5.41, 5.74) is -0.372. The van der Waals surface area contributed by atoms with E-state index in [1.54, 1.807) is 18.2 Å². The van der Waals surface area contributed by atoms with Crippen molar-refractivity contribution >= 4 is 27.7 Å². The van der Waals surface area contributed by atoms with Crippen LogP contribution in [-0.4, -0.2) is 72.4 Å². The summed E-state index contributed by atoms with van der Waals surface area (Å²) >= 11 is 4.53. The van der Waals surface area contributed by atoms with Crippen molar-refractivity contribution in [3.63, 3.8) is 0 Å². The van der Waals surface area contributed by atoms with Gasteiger partial charge >= 0.3 is 0 Å². The Morgan fingerprint density at radius 3 is 2.40 bits per heavy atom. The maximum absolute atomic E-state index is 13.7. The van der Waals surface area contributed by atoms with Crippen LogP contribution < -0.4 is 0 Å². The molecule has 4 rings (SSSR count). The first-order valence-corrected chi connectivity index (χ1v) is 12.2. The number of aliphatic hydroxyl groups excluding tert-OH is 4. The Morgan fingerprint density at radius 2 is 1.77 bits per heavy atom. The van der Waals surface area contributed by atoms with Gasteiger partial charge in [-0.25, -0.2) is 17.9 Å². The molecule has 13 heteroatoms. The fourth-order valence-electron chi connectivity index (χ4n) is 3.86. The summed E-state index contributed by atoms with van der Waals surface area (Å²) in [6.07, 6.45) is -2.67. The molecule has 0 amide bonds. The van der Waals surface area contributed by atoms with Crippen LogP contribution in [0.4, 0.5) is 13.2 Å². The van der Waals surface area contributed by atoms with Gasteiger partial charge in [0, 0.05) is 10.0 Å². The van der Waals surface area contributed by atoms with E-state index in [1.165, 1.54) is 6.20 Å². The largest absolute Gasteiger partial charge is 0.395 e. The molecule has 8 nitrogen and oxygen atoms in total. The van der Waals surface area contributed by atoms with Crippen molar-refractivity contribution in [1.82, 2.24) is 15.0 Å². The second-order valence-electron chi connectivity index (χ2n) is 7.86. The minimum Gasteiger partial charge on any atom is -0.395 e. The Bertz CT molecular complexity index is 1170. The van der Waals surface area contributed by atoms with Crippen LogP contribution in [-0.2, 0) is 4.74 Å². The molecular weight excluding hydrogens is 555 g/mol. The number of hydrogen-bond donors (Lipinski definition) is 4. The Morgan fingerprint density at radius 1 is 1.09 bits per heavy atom. The molecule has 4 N–H and O–H groups in total. The summed E-state index contributed by atoms with van der Waals surface area (Å²) in [4.78, 5) is 0. The summed E-state index contributed by atoms with van der Waals surface area (Å²) in [6.45, 7) is -0.859. The van der Waals surface area contributed by atoms with Gasteiger partial charge in [-0.05, 0) is 23.8 Å². The average molecular weight is 576 g/mol. The first kappa shape index (κ1) is 26.1. The third-order valence-electron chi connectivity index (χ3n) is 5.66. The summed E-state index contributed by atoms with van der Waals surface area (Å²) in [7, 11) is 0. The highest BCUT2D eigenvalue weighted by atomic mass is 79.9. The maximum Gasteiger partial charge on any atom is 0.194 e. The molecule has 2 aromatic carbocycles.